The fourth-order valence-electron chi connectivity index (χ4n) is 1.52. The average molecular weight is 202 g/mol. The first-order valence-corrected chi connectivity index (χ1v) is 5.39. The van der Waals surface area contributed by atoms with E-state index < -0.39 is 0 Å². The van der Waals surface area contributed by atoms with Crippen molar-refractivity contribution >= 4 is 0 Å². The van der Waals surface area contributed by atoms with Gasteiger partial charge in [-0.05, 0) is 36.5 Å². The molecule has 0 aromatic heterocycles. The Morgan fingerprint density at radius 1 is 1.33 bits per heavy atom. The van der Waals surface area contributed by atoms with Crippen LogP contribution < -0.4 is 5.73 Å². The zero-order valence-electron chi connectivity index (χ0n) is 9.40. The van der Waals surface area contributed by atoms with Crippen LogP contribution in [0.1, 0.15) is 43.9 Å². The van der Waals surface area contributed by atoms with Gasteiger partial charge < -0.3 is 5.73 Å². The molecule has 0 amide bonds. The molecular formula is C13H18N2. The summed E-state index contributed by atoms with van der Waals surface area (Å²) in [5.41, 5.74) is 7.81. The van der Waals surface area contributed by atoms with Crippen LogP contribution in [-0.4, -0.2) is 0 Å². The number of rotatable bonds is 4. The molecule has 1 rings (SSSR count). The Bertz CT molecular complexity index is 350. The van der Waals surface area contributed by atoms with Gasteiger partial charge in [0.15, 0.2) is 0 Å². The summed E-state index contributed by atoms with van der Waals surface area (Å²) in [6, 6.07) is 9.76. The molecule has 0 saturated carbocycles. The van der Waals surface area contributed by atoms with Crippen molar-refractivity contribution < 1.29 is 0 Å². The van der Waals surface area contributed by atoms with E-state index >= 15 is 0 Å². The lowest BCUT2D eigenvalue weighted by atomic mass is 9.97. The molecule has 0 aliphatic rings. The van der Waals surface area contributed by atoms with Gasteiger partial charge in [-0.1, -0.05) is 26.0 Å². The highest BCUT2D eigenvalue weighted by atomic mass is 14.6. The van der Waals surface area contributed by atoms with Crippen LogP contribution in [0.15, 0.2) is 24.3 Å². The van der Waals surface area contributed by atoms with Gasteiger partial charge in [-0.2, -0.15) is 5.26 Å². The van der Waals surface area contributed by atoms with E-state index in [1.54, 1.807) is 6.07 Å². The van der Waals surface area contributed by atoms with Crippen LogP contribution in [0.5, 0.6) is 0 Å². The quantitative estimate of drug-likeness (QED) is 0.816. The zero-order chi connectivity index (χ0) is 11.3. The van der Waals surface area contributed by atoms with Gasteiger partial charge in [-0.25, -0.2) is 0 Å². The third-order valence-corrected chi connectivity index (χ3v) is 2.50. The van der Waals surface area contributed by atoms with Gasteiger partial charge in [0.05, 0.1) is 11.6 Å². The maximum Gasteiger partial charge on any atom is 0.0991 e. The van der Waals surface area contributed by atoms with Crippen molar-refractivity contribution in [3.63, 3.8) is 0 Å². The Morgan fingerprint density at radius 3 is 2.67 bits per heavy atom. The second-order valence-electron chi connectivity index (χ2n) is 4.31. The summed E-state index contributed by atoms with van der Waals surface area (Å²) < 4.78 is 0. The summed E-state index contributed by atoms with van der Waals surface area (Å²) >= 11 is 0. The summed E-state index contributed by atoms with van der Waals surface area (Å²) in [6.07, 6.45) is 2.10. The number of benzene rings is 1. The fourth-order valence-corrected chi connectivity index (χ4v) is 1.52. The van der Waals surface area contributed by atoms with E-state index in [2.05, 4.69) is 19.9 Å². The number of nitrogens with zero attached hydrogens (tertiary/aromatic N) is 1. The summed E-state index contributed by atoms with van der Waals surface area (Å²) in [7, 11) is 0. The third kappa shape index (κ3) is 3.73. The van der Waals surface area contributed by atoms with Crippen molar-refractivity contribution in [2.75, 3.05) is 0 Å². The van der Waals surface area contributed by atoms with Crippen molar-refractivity contribution in [3.8, 4) is 6.07 Å². The van der Waals surface area contributed by atoms with Gasteiger partial charge in [-0.15, -0.1) is 0 Å². The molecule has 0 aliphatic heterocycles. The normalized spacial score (nSPS) is 12.5. The molecule has 0 bridgehead atoms. The molecule has 1 aromatic carbocycles. The minimum atomic E-state index is 0.0562. The maximum atomic E-state index is 8.77. The maximum absolute atomic E-state index is 8.77. The SMILES string of the molecule is CC(C)CC[C@H](N)c1cccc(C#N)c1. The molecule has 0 heterocycles. The summed E-state index contributed by atoms with van der Waals surface area (Å²) in [5.74, 6) is 0.676. The lowest BCUT2D eigenvalue weighted by Gasteiger charge is -2.13. The Labute approximate surface area is 91.7 Å². The Balaban J connectivity index is 2.65. The molecular weight excluding hydrogens is 184 g/mol. The summed E-state index contributed by atoms with van der Waals surface area (Å²) in [5, 5.41) is 8.77. The van der Waals surface area contributed by atoms with Gasteiger partial charge in [-0.3, -0.25) is 0 Å². The van der Waals surface area contributed by atoms with E-state index in [1.165, 1.54) is 0 Å². The highest BCUT2D eigenvalue weighted by Gasteiger charge is 2.07. The molecule has 0 unspecified atom stereocenters. The molecule has 0 fully saturated rings. The average Bonchev–Trinajstić information content (AvgIpc) is 2.26. The lowest BCUT2D eigenvalue weighted by Crippen LogP contribution is -2.11. The van der Waals surface area contributed by atoms with Crippen LogP contribution in [-0.2, 0) is 0 Å². The molecule has 0 saturated heterocycles. The number of hydrogen-bond donors (Lipinski definition) is 1. The molecule has 1 atom stereocenters. The monoisotopic (exact) mass is 202 g/mol. The molecule has 0 aliphatic carbocycles. The fraction of sp³-hybridized carbons (Fsp3) is 0.462. The van der Waals surface area contributed by atoms with E-state index in [4.69, 9.17) is 11.0 Å². The van der Waals surface area contributed by atoms with Crippen LogP contribution in [0.3, 0.4) is 0 Å². The molecule has 2 N–H and O–H groups in total. The summed E-state index contributed by atoms with van der Waals surface area (Å²) in [4.78, 5) is 0. The smallest absolute Gasteiger partial charge is 0.0991 e. The van der Waals surface area contributed by atoms with Crippen molar-refractivity contribution in [1.82, 2.24) is 0 Å². The van der Waals surface area contributed by atoms with E-state index in [0.717, 1.165) is 18.4 Å². The van der Waals surface area contributed by atoms with Crippen molar-refractivity contribution in [3.05, 3.63) is 35.4 Å². The minimum Gasteiger partial charge on any atom is -0.324 e. The molecule has 1 aromatic rings. The molecule has 0 radical (unpaired) electrons. The largest absolute Gasteiger partial charge is 0.324 e. The molecule has 0 spiro atoms. The standard InChI is InChI=1S/C13H18N2/c1-10(2)6-7-13(15)12-5-3-4-11(8-12)9-14/h3-5,8,10,13H,6-7,15H2,1-2H3/t13-/m0/s1. The van der Waals surface area contributed by atoms with Gasteiger partial charge in [0.25, 0.3) is 0 Å². The number of hydrogen-bond acceptors (Lipinski definition) is 2. The van der Waals surface area contributed by atoms with E-state index in [-0.39, 0.29) is 6.04 Å². The summed E-state index contributed by atoms with van der Waals surface area (Å²) in [6.45, 7) is 4.39. The van der Waals surface area contributed by atoms with Crippen LogP contribution in [0, 0.1) is 17.2 Å². The highest BCUT2D eigenvalue weighted by Crippen LogP contribution is 2.19. The zero-order valence-corrected chi connectivity index (χ0v) is 9.40. The van der Waals surface area contributed by atoms with Gasteiger partial charge in [0.2, 0.25) is 0 Å². The van der Waals surface area contributed by atoms with Gasteiger partial charge in [0, 0.05) is 6.04 Å². The van der Waals surface area contributed by atoms with Crippen LogP contribution in [0.4, 0.5) is 0 Å². The first-order chi connectivity index (χ1) is 7.13. The van der Waals surface area contributed by atoms with Gasteiger partial charge >= 0.3 is 0 Å². The number of nitrogens with two attached hydrogens (primary N) is 1. The molecule has 15 heavy (non-hydrogen) atoms. The van der Waals surface area contributed by atoms with Crippen molar-refractivity contribution in [2.45, 2.75) is 32.7 Å². The minimum absolute atomic E-state index is 0.0562. The predicted octanol–water partition coefficient (Wildman–Crippen LogP) is 2.99. The van der Waals surface area contributed by atoms with Crippen LogP contribution >= 0.6 is 0 Å². The highest BCUT2D eigenvalue weighted by molar-refractivity contribution is 5.34. The van der Waals surface area contributed by atoms with Crippen LogP contribution in [0.25, 0.3) is 0 Å². The second kappa shape index (κ2) is 5.53. The van der Waals surface area contributed by atoms with Crippen molar-refractivity contribution in [1.29, 1.82) is 5.26 Å². The Hall–Kier alpha value is -1.33. The molecule has 80 valence electrons. The van der Waals surface area contributed by atoms with E-state index in [1.807, 2.05) is 18.2 Å². The molecule has 2 nitrogen and oxygen atoms in total. The molecule has 2 heteroatoms. The van der Waals surface area contributed by atoms with Crippen LogP contribution in [0.2, 0.25) is 0 Å². The van der Waals surface area contributed by atoms with Crippen molar-refractivity contribution in [2.24, 2.45) is 11.7 Å². The van der Waals surface area contributed by atoms with E-state index in [9.17, 15) is 0 Å². The topological polar surface area (TPSA) is 49.8 Å². The van der Waals surface area contributed by atoms with Gasteiger partial charge in [0.1, 0.15) is 0 Å². The lowest BCUT2D eigenvalue weighted by molar-refractivity contribution is 0.507. The Morgan fingerprint density at radius 2 is 2.07 bits per heavy atom. The predicted molar refractivity (Wildman–Crippen MR) is 62.2 cm³/mol. The third-order valence-electron chi connectivity index (χ3n) is 2.50. The second-order valence-corrected chi connectivity index (χ2v) is 4.31. The first-order valence-electron chi connectivity index (χ1n) is 5.39. The number of nitriles is 1. The Kier molecular flexibility index (Phi) is 4.33. The first kappa shape index (κ1) is 11.7. The van der Waals surface area contributed by atoms with E-state index in [0.29, 0.717) is 11.5 Å².